The predicted octanol–water partition coefficient (Wildman–Crippen LogP) is 3.05. The fraction of sp³-hybridized carbons (Fsp3) is 0.188. The monoisotopic (exact) mass is 291 g/mol. The number of carbonyl (C=O) groups is 1. The first-order chi connectivity index (χ1) is 9.95. The van der Waals surface area contributed by atoms with Crippen molar-refractivity contribution in [1.29, 1.82) is 0 Å². The zero-order chi connectivity index (χ0) is 15.5. The molecule has 2 aromatic rings. The first-order valence-electron chi connectivity index (χ1n) is 6.42. The summed E-state index contributed by atoms with van der Waals surface area (Å²) in [5.74, 6) is -3.49. The molecule has 2 rings (SSSR count). The standard InChI is InChI=1S/C16H15F2NO2/c1-16(15(20)21,12-8-5-9-13(17)14(12)18)19-10-11-6-3-2-4-7-11/h2-9,19H,10H2,1H3,(H,20,21). The van der Waals surface area contributed by atoms with Crippen LogP contribution >= 0.6 is 0 Å². The van der Waals surface area contributed by atoms with E-state index in [0.717, 1.165) is 11.6 Å². The molecule has 0 spiro atoms. The van der Waals surface area contributed by atoms with Gasteiger partial charge in [0.05, 0.1) is 0 Å². The van der Waals surface area contributed by atoms with Gasteiger partial charge in [0.25, 0.3) is 0 Å². The molecule has 2 aromatic carbocycles. The van der Waals surface area contributed by atoms with Gasteiger partial charge in [0.15, 0.2) is 11.6 Å². The van der Waals surface area contributed by atoms with Crippen molar-refractivity contribution in [2.24, 2.45) is 0 Å². The second kappa shape index (κ2) is 6.01. The minimum atomic E-state index is -1.72. The van der Waals surface area contributed by atoms with Gasteiger partial charge in [-0.3, -0.25) is 5.32 Å². The lowest BCUT2D eigenvalue weighted by Gasteiger charge is -2.27. The summed E-state index contributed by atoms with van der Waals surface area (Å²) in [6, 6.07) is 12.6. The molecule has 0 saturated heterocycles. The number of rotatable bonds is 5. The van der Waals surface area contributed by atoms with Crippen LogP contribution < -0.4 is 5.32 Å². The van der Waals surface area contributed by atoms with Gasteiger partial charge in [-0.05, 0) is 18.6 Å². The van der Waals surface area contributed by atoms with Crippen molar-refractivity contribution in [3.63, 3.8) is 0 Å². The van der Waals surface area contributed by atoms with Crippen LogP contribution in [0.15, 0.2) is 48.5 Å². The quantitative estimate of drug-likeness (QED) is 0.890. The minimum Gasteiger partial charge on any atom is -0.480 e. The maximum atomic E-state index is 13.9. The zero-order valence-electron chi connectivity index (χ0n) is 11.4. The first-order valence-corrected chi connectivity index (χ1v) is 6.42. The Kier molecular flexibility index (Phi) is 4.33. The predicted molar refractivity (Wildman–Crippen MR) is 74.6 cm³/mol. The Labute approximate surface area is 121 Å². The van der Waals surface area contributed by atoms with E-state index in [1.54, 1.807) is 0 Å². The van der Waals surface area contributed by atoms with Gasteiger partial charge in [-0.25, -0.2) is 13.6 Å². The summed E-state index contributed by atoms with van der Waals surface area (Å²) in [6.07, 6.45) is 0. The number of hydrogen-bond acceptors (Lipinski definition) is 2. The molecular formula is C16H15F2NO2. The summed E-state index contributed by atoms with van der Waals surface area (Å²) in [6.45, 7) is 1.54. The van der Waals surface area contributed by atoms with Crippen LogP contribution in [0.4, 0.5) is 8.78 Å². The van der Waals surface area contributed by atoms with Crippen LogP contribution in [0, 0.1) is 11.6 Å². The normalized spacial score (nSPS) is 13.7. The molecule has 5 heteroatoms. The Morgan fingerprint density at radius 1 is 1.14 bits per heavy atom. The van der Waals surface area contributed by atoms with Crippen molar-refractivity contribution in [1.82, 2.24) is 5.32 Å². The van der Waals surface area contributed by atoms with E-state index in [9.17, 15) is 18.7 Å². The molecule has 0 heterocycles. The summed E-state index contributed by atoms with van der Waals surface area (Å²) >= 11 is 0. The molecule has 0 fully saturated rings. The highest BCUT2D eigenvalue weighted by atomic mass is 19.2. The summed E-state index contributed by atoms with van der Waals surface area (Å²) in [4.78, 5) is 11.6. The molecule has 0 amide bonds. The fourth-order valence-electron chi connectivity index (χ4n) is 2.05. The Morgan fingerprint density at radius 2 is 1.81 bits per heavy atom. The molecule has 0 saturated carbocycles. The zero-order valence-corrected chi connectivity index (χ0v) is 11.4. The Balaban J connectivity index is 2.32. The fourth-order valence-corrected chi connectivity index (χ4v) is 2.05. The van der Waals surface area contributed by atoms with Crippen LogP contribution in [-0.4, -0.2) is 11.1 Å². The highest BCUT2D eigenvalue weighted by molar-refractivity contribution is 5.80. The van der Waals surface area contributed by atoms with E-state index in [0.29, 0.717) is 0 Å². The molecule has 110 valence electrons. The lowest BCUT2D eigenvalue weighted by Crippen LogP contribution is -2.47. The molecule has 0 aromatic heterocycles. The van der Waals surface area contributed by atoms with Crippen molar-refractivity contribution >= 4 is 5.97 Å². The number of carboxylic acids is 1. The van der Waals surface area contributed by atoms with E-state index in [-0.39, 0.29) is 12.1 Å². The number of halogens is 2. The second-order valence-corrected chi connectivity index (χ2v) is 4.87. The van der Waals surface area contributed by atoms with E-state index in [4.69, 9.17) is 0 Å². The van der Waals surface area contributed by atoms with E-state index < -0.39 is 23.1 Å². The van der Waals surface area contributed by atoms with Gasteiger partial charge in [0, 0.05) is 12.1 Å². The third kappa shape index (κ3) is 3.08. The third-order valence-corrected chi connectivity index (χ3v) is 3.41. The summed E-state index contributed by atoms with van der Waals surface area (Å²) in [7, 11) is 0. The smallest absolute Gasteiger partial charge is 0.328 e. The van der Waals surface area contributed by atoms with E-state index >= 15 is 0 Å². The van der Waals surface area contributed by atoms with Crippen LogP contribution in [0.3, 0.4) is 0 Å². The van der Waals surface area contributed by atoms with E-state index in [1.807, 2.05) is 30.3 Å². The summed E-state index contributed by atoms with van der Waals surface area (Å²) in [5.41, 5.74) is -1.10. The second-order valence-electron chi connectivity index (χ2n) is 4.87. The van der Waals surface area contributed by atoms with Crippen LogP contribution in [0.1, 0.15) is 18.1 Å². The largest absolute Gasteiger partial charge is 0.480 e. The molecule has 0 bridgehead atoms. The number of benzene rings is 2. The van der Waals surface area contributed by atoms with Gasteiger partial charge >= 0.3 is 5.97 Å². The SMILES string of the molecule is CC(NCc1ccccc1)(C(=O)O)c1cccc(F)c1F. The molecule has 3 nitrogen and oxygen atoms in total. The average molecular weight is 291 g/mol. The van der Waals surface area contributed by atoms with Crippen LogP contribution in [0.5, 0.6) is 0 Å². The van der Waals surface area contributed by atoms with Crippen molar-refractivity contribution < 1.29 is 18.7 Å². The van der Waals surface area contributed by atoms with Crippen molar-refractivity contribution in [3.8, 4) is 0 Å². The number of hydrogen-bond donors (Lipinski definition) is 2. The molecule has 1 atom stereocenters. The van der Waals surface area contributed by atoms with Gasteiger partial charge < -0.3 is 5.11 Å². The van der Waals surface area contributed by atoms with Gasteiger partial charge in [0.2, 0.25) is 0 Å². The molecule has 1 unspecified atom stereocenters. The molecule has 0 aliphatic carbocycles. The van der Waals surface area contributed by atoms with E-state index in [1.165, 1.54) is 19.1 Å². The number of aliphatic carboxylic acids is 1. The van der Waals surface area contributed by atoms with Crippen molar-refractivity contribution in [2.75, 3.05) is 0 Å². The van der Waals surface area contributed by atoms with Gasteiger partial charge in [0.1, 0.15) is 5.54 Å². The topological polar surface area (TPSA) is 49.3 Å². The Morgan fingerprint density at radius 3 is 2.43 bits per heavy atom. The molecule has 2 N–H and O–H groups in total. The van der Waals surface area contributed by atoms with Crippen molar-refractivity contribution in [3.05, 3.63) is 71.3 Å². The molecule has 0 aliphatic heterocycles. The molecule has 0 radical (unpaired) electrons. The average Bonchev–Trinajstić information content (AvgIpc) is 2.48. The lowest BCUT2D eigenvalue weighted by atomic mass is 9.91. The van der Waals surface area contributed by atoms with Crippen molar-refractivity contribution in [2.45, 2.75) is 19.0 Å². The molecule has 0 aliphatic rings. The highest BCUT2D eigenvalue weighted by Crippen LogP contribution is 2.26. The van der Waals surface area contributed by atoms with Crippen LogP contribution in [0.25, 0.3) is 0 Å². The molecular weight excluding hydrogens is 276 g/mol. The number of carboxylic acid groups (broad SMARTS) is 1. The maximum absolute atomic E-state index is 13.9. The van der Waals surface area contributed by atoms with Crippen LogP contribution in [0.2, 0.25) is 0 Å². The number of nitrogens with one attached hydrogen (secondary N) is 1. The highest BCUT2D eigenvalue weighted by Gasteiger charge is 2.37. The van der Waals surface area contributed by atoms with Gasteiger partial charge in [-0.2, -0.15) is 0 Å². The van der Waals surface area contributed by atoms with Gasteiger partial charge in [-0.1, -0.05) is 42.5 Å². The minimum absolute atomic E-state index is 0.222. The molecule has 21 heavy (non-hydrogen) atoms. The third-order valence-electron chi connectivity index (χ3n) is 3.41. The Hall–Kier alpha value is -2.27. The van der Waals surface area contributed by atoms with Gasteiger partial charge in [-0.15, -0.1) is 0 Å². The maximum Gasteiger partial charge on any atom is 0.328 e. The van der Waals surface area contributed by atoms with Crippen LogP contribution in [-0.2, 0) is 16.9 Å². The summed E-state index contributed by atoms with van der Waals surface area (Å²) < 4.78 is 27.2. The summed E-state index contributed by atoms with van der Waals surface area (Å²) in [5, 5.41) is 12.2. The first kappa shape index (κ1) is 15.1. The lowest BCUT2D eigenvalue weighted by molar-refractivity contribution is -0.144. The Bertz CT molecular complexity index is 646. The van der Waals surface area contributed by atoms with E-state index in [2.05, 4.69) is 5.32 Å².